The first-order chi connectivity index (χ1) is 16.0. The normalized spacial score (nSPS) is 18.6. The van der Waals surface area contributed by atoms with Crippen LogP contribution in [0.4, 0.5) is 13.2 Å². The van der Waals surface area contributed by atoms with E-state index in [1.54, 1.807) is 48.6 Å². The minimum atomic E-state index is -1.04. The predicted molar refractivity (Wildman–Crippen MR) is 118 cm³/mol. The molecule has 3 aromatic rings. The maximum absolute atomic E-state index is 14.7. The Hall–Kier alpha value is -3.13. The molecule has 4 rings (SSSR count). The molecule has 0 bridgehead atoms. The van der Waals surface area contributed by atoms with Crippen LogP contribution in [0.3, 0.4) is 0 Å². The molecule has 7 heteroatoms. The smallest absolute Gasteiger partial charge is 0.201 e. The van der Waals surface area contributed by atoms with Crippen LogP contribution in [0.5, 0.6) is 5.75 Å². The van der Waals surface area contributed by atoms with Crippen molar-refractivity contribution in [2.45, 2.75) is 19.3 Å². The van der Waals surface area contributed by atoms with Crippen molar-refractivity contribution in [1.82, 2.24) is 0 Å². The average molecular weight is 456 g/mol. The molecule has 4 nitrogen and oxygen atoms in total. The molecule has 0 atom stereocenters. The van der Waals surface area contributed by atoms with Gasteiger partial charge in [0.2, 0.25) is 5.82 Å². The maximum Gasteiger partial charge on any atom is 0.201 e. The van der Waals surface area contributed by atoms with Crippen molar-refractivity contribution in [2.24, 2.45) is 0 Å². The van der Waals surface area contributed by atoms with E-state index in [0.717, 1.165) is 0 Å². The first-order valence-corrected chi connectivity index (χ1v) is 10.5. The second-order valence-corrected chi connectivity index (χ2v) is 7.59. The molecule has 1 N–H and O–H groups in total. The number of allylic oxidation sites excluding steroid dienone is 1. The van der Waals surface area contributed by atoms with Crippen LogP contribution in [0.25, 0.3) is 22.3 Å². The summed E-state index contributed by atoms with van der Waals surface area (Å²) in [5.74, 6) is -2.69. The molecule has 0 radical (unpaired) electrons. The van der Waals surface area contributed by atoms with E-state index in [-0.39, 0.29) is 36.7 Å². The summed E-state index contributed by atoms with van der Waals surface area (Å²) in [5.41, 5.74) is 2.15. The molecule has 33 heavy (non-hydrogen) atoms. The van der Waals surface area contributed by atoms with Gasteiger partial charge in [0.05, 0.1) is 13.2 Å². The third-order valence-electron chi connectivity index (χ3n) is 5.28. The van der Waals surface area contributed by atoms with Gasteiger partial charge in [-0.2, -0.15) is 4.39 Å². The molecule has 0 amide bonds. The van der Waals surface area contributed by atoms with Crippen molar-refractivity contribution in [1.29, 1.82) is 0 Å². The SMILES string of the molecule is C/C=C/COc1ccc(-c2ccc(-c3ccc(C4OCC(O)CO4)c(F)c3)cc2)c(F)c1F. The van der Waals surface area contributed by atoms with Crippen LogP contribution in [0, 0.1) is 17.5 Å². The van der Waals surface area contributed by atoms with Crippen LogP contribution >= 0.6 is 0 Å². The Balaban J connectivity index is 1.53. The number of aliphatic hydroxyl groups excluding tert-OH is 1. The van der Waals surface area contributed by atoms with Gasteiger partial charge in [0.1, 0.15) is 18.5 Å². The standard InChI is InChI=1S/C26H23F3O4/c1-2-3-12-31-23-11-10-20(24(28)25(23)29)17-6-4-16(5-7-17)18-8-9-21(22(27)13-18)26-32-14-19(30)15-33-26/h2-11,13,19,26,30H,12,14-15H2,1H3/b3-2+. The highest BCUT2D eigenvalue weighted by atomic mass is 19.2. The van der Waals surface area contributed by atoms with Crippen LogP contribution in [0.2, 0.25) is 0 Å². The summed E-state index contributed by atoms with van der Waals surface area (Å²) in [6.07, 6.45) is 1.86. The Bertz CT molecular complexity index is 1140. The van der Waals surface area contributed by atoms with Crippen molar-refractivity contribution in [2.75, 3.05) is 19.8 Å². The summed E-state index contributed by atoms with van der Waals surface area (Å²) in [6.45, 7) is 2.11. The molecule has 0 aliphatic carbocycles. The fourth-order valence-electron chi connectivity index (χ4n) is 3.51. The van der Waals surface area contributed by atoms with Gasteiger partial charge in [-0.15, -0.1) is 0 Å². The van der Waals surface area contributed by atoms with E-state index in [0.29, 0.717) is 16.7 Å². The molecule has 0 unspecified atom stereocenters. The molecule has 0 spiro atoms. The van der Waals surface area contributed by atoms with Gasteiger partial charge in [-0.05, 0) is 41.8 Å². The van der Waals surface area contributed by atoms with Crippen molar-refractivity contribution < 1.29 is 32.5 Å². The monoisotopic (exact) mass is 456 g/mol. The lowest BCUT2D eigenvalue weighted by atomic mass is 9.98. The minimum absolute atomic E-state index is 0.0768. The maximum atomic E-state index is 14.7. The summed E-state index contributed by atoms with van der Waals surface area (Å²) < 4.78 is 59.6. The predicted octanol–water partition coefficient (Wildman–Crippen LogP) is 5.80. The number of hydrogen-bond acceptors (Lipinski definition) is 4. The van der Waals surface area contributed by atoms with E-state index in [2.05, 4.69) is 0 Å². The van der Waals surface area contributed by atoms with Gasteiger partial charge in [-0.25, -0.2) is 8.78 Å². The fraction of sp³-hybridized carbons (Fsp3) is 0.231. The number of benzene rings is 3. The van der Waals surface area contributed by atoms with Crippen LogP contribution < -0.4 is 4.74 Å². The summed E-state index contributed by atoms with van der Waals surface area (Å²) in [4.78, 5) is 0. The molecule has 0 saturated carbocycles. The van der Waals surface area contributed by atoms with E-state index in [1.165, 1.54) is 18.2 Å². The number of rotatable bonds is 6. The zero-order valence-corrected chi connectivity index (χ0v) is 17.9. The summed E-state index contributed by atoms with van der Waals surface area (Å²) >= 11 is 0. The molecule has 1 aliphatic heterocycles. The molecule has 3 aromatic carbocycles. The molecular weight excluding hydrogens is 433 g/mol. The molecule has 0 aromatic heterocycles. The Morgan fingerprint density at radius 2 is 1.58 bits per heavy atom. The van der Waals surface area contributed by atoms with E-state index < -0.39 is 29.8 Å². The zero-order chi connectivity index (χ0) is 23.4. The van der Waals surface area contributed by atoms with Gasteiger partial charge < -0.3 is 19.3 Å². The van der Waals surface area contributed by atoms with Crippen LogP contribution in [-0.4, -0.2) is 31.0 Å². The number of halogens is 3. The van der Waals surface area contributed by atoms with Gasteiger partial charge >= 0.3 is 0 Å². The Labute approximate surface area is 189 Å². The fourth-order valence-corrected chi connectivity index (χ4v) is 3.51. The lowest BCUT2D eigenvalue weighted by molar-refractivity contribution is -0.221. The van der Waals surface area contributed by atoms with E-state index >= 15 is 0 Å². The Kier molecular flexibility index (Phi) is 7.13. The quantitative estimate of drug-likeness (QED) is 0.477. The van der Waals surface area contributed by atoms with Gasteiger partial charge in [0, 0.05) is 11.1 Å². The minimum Gasteiger partial charge on any atom is -0.486 e. The molecular formula is C26H23F3O4. The lowest BCUT2D eigenvalue weighted by Gasteiger charge is -2.27. The number of aliphatic hydroxyl groups is 1. The van der Waals surface area contributed by atoms with E-state index in [1.807, 2.05) is 6.92 Å². The van der Waals surface area contributed by atoms with Gasteiger partial charge in [-0.3, -0.25) is 0 Å². The summed E-state index contributed by atoms with van der Waals surface area (Å²) in [7, 11) is 0. The van der Waals surface area contributed by atoms with Gasteiger partial charge in [0.25, 0.3) is 0 Å². The highest BCUT2D eigenvalue weighted by Gasteiger charge is 2.24. The van der Waals surface area contributed by atoms with Crippen molar-refractivity contribution >= 4 is 0 Å². The van der Waals surface area contributed by atoms with Crippen molar-refractivity contribution in [3.8, 4) is 28.0 Å². The summed E-state index contributed by atoms with van der Waals surface area (Å²) in [6, 6.07) is 14.2. The third kappa shape index (κ3) is 5.11. The highest BCUT2D eigenvalue weighted by molar-refractivity contribution is 5.71. The first-order valence-electron chi connectivity index (χ1n) is 10.5. The molecule has 1 aliphatic rings. The number of ether oxygens (including phenoxy) is 3. The highest BCUT2D eigenvalue weighted by Crippen LogP contribution is 2.33. The summed E-state index contributed by atoms with van der Waals surface area (Å²) in [5, 5.41) is 9.43. The third-order valence-corrected chi connectivity index (χ3v) is 5.28. The van der Waals surface area contributed by atoms with Gasteiger partial charge in [-0.1, -0.05) is 48.6 Å². The van der Waals surface area contributed by atoms with Gasteiger partial charge in [0.15, 0.2) is 17.9 Å². The molecule has 1 fully saturated rings. The lowest BCUT2D eigenvalue weighted by Crippen LogP contribution is -2.31. The number of hydrogen-bond donors (Lipinski definition) is 1. The van der Waals surface area contributed by atoms with E-state index in [4.69, 9.17) is 14.2 Å². The topological polar surface area (TPSA) is 47.9 Å². The first kappa shape index (κ1) is 23.0. The van der Waals surface area contributed by atoms with Crippen LogP contribution in [0.15, 0.2) is 66.7 Å². The van der Waals surface area contributed by atoms with Crippen molar-refractivity contribution in [3.63, 3.8) is 0 Å². The van der Waals surface area contributed by atoms with E-state index in [9.17, 15) is 18.3 Å². The molecule has 1 saturated heterocycles. The average Bonchev–Trinajstić information content (AvgIpc) is 2.83. The van der Waals surface area contributed by atoms with Crippen molar-refractivity contribution in [3.05, 3.63) is 89.8 Å². The second kappa shape index (κ2) is 10.2. The molecule has 1 heterocycles. The largest absolute Gasteiger partial charge is 0.486 e. The van der Waals surface area contributed by atoms with Crippen LogP contribution in [0.1, 0.15) is 18.8 Å². The van der Waals surface area contributed by atoms with Crippen LogP contribution in [-0.2, 0) is 9.47 Å². The zero-order valence-electron chi connectivity index (χ0n) is 17.9. The second-order valence-electron chi connectivity index (χ2n) is 7.59. The Morgan fingerprint density at radius 1 is 0.909 bits per heavy atom. The molecule has 172 valence electrons. The Morgan fingerprint density at radius 3 is 2.24 bits per heavy atom.